The maximum Gasteiger partial charge on any atom is 0.453 e. The van der Waals surface area contributed by atoms with Gasteiger partial charge in [0.15, 0.2) is 0 Å². The van der Waals surface area contributed by atoms with Crippen LogP contribution in [0.1, 0.15) is 0 Å². The summed E-state index contributed by atoms with van der Waals surface area (Å²) < 4.78 is 104. The molecule has 0 aromatic heterocycles. The molecule has 0 radical (unpaired) electrons. The van der Waals surface area contributed by atoms with Crippen molar-refractivity contribution >= 4 is 23.2 Å². The molecule has 2 nitrogen and oxygen atoms in total. The topological polar surface area (TPSA) is 18.5 Å². The van der Waals surface area contributed by atoms with Gasteiger partial charge < -0.3 is 0 Å². The van der Waals surface area contributed by atoms with Crippen molar-refractivity contribution in [1.29, 1.82) is 0 Å². The third kappa shape index (κ3) is 2.04. The minimum absolute atomic E-state index is 2.80. The van der Waals surface area contributed by atoms with Gasteiger partial charge in [-0.25, -0.2) is 0 Å². The molecule has 0 N–H and O–H groups in total. The molecule has 0 amide bonds. The van der Waals surface area contributed by atoms with Crippen molar-refractivity contribution in [2.45, 2.75) is 28.8 Å². The van der Waals surface area contributed by atoms with Crippen molar-refractivity contribution in [2.24, 2.45) is 0 Å². The summed E-state index contributed by atoms with van der Waals surface area (Å²) in [6.45, 7) is 0. The van der Waals surface area contributed by atoms with Gasteiger partial charge in [-0.05, 0) is 23.2 Å². The first-order valence-corrected chi connectivity index (χ1v) is 4.21. The Morgan fingerprint density at radius 2 is 0.941 bits per heavy atom. The molecule has 2 unspecified atom stereocenters. The maximum atomic E-state index is 12.9. The third-order valence-electron chi connectivity index (χ3n) is 1.63. The van der Waals surface area contributed by atoms with E-state index in [-0.39, 0.29) is 0 Å². The summed E-state index contributed by atoms with van der Waals surface area (Å²) in [5.74, 6) is -5.58. The average Bonchev–Trinajstić information content (AvgIpc) is 2.15. The first-order valence-electron chi connectivity index (χ1n) is 3.46. The van der Waals surface area contributed by atoms with Crippen LogP contribution in [0.4, 0.5) is 35.1 Å². The Kier molecular flexibility index (Phi) is 3.08. The molecule has 2 atom stereocenters. The molecule has 1 rings (SSSR count). The molecule has 1 heterocycles. The molecule has 1 aliphatic rings. The van der Waals surface area contributed by atoms with Gasteiger partial charge in [0.25, 0.3) is 0 Å². The number of ether oxygens (including phenoxy) is 2. The molecule has 0 aromatic rings. The number of hydrogen-bond acceptors (Lipinski definition) is 2. The Morgan fingerprint density at radius 1 is 0.706 bits per heavy atom. The highest BCUT2D eigenvalue weighted by atomic mass is 35.5. The van der Waals surface area contributed by atoms with E-state index in [9.17, 15) is 35.1 Å². The number of halogens is 10. The van der Waals surface area contributed by atoms with Gasteiger partial charge >= 0.3 is 28.8 Å². The summed E-state index contributed by atoms with van der Waals surface area (Å²) in [6.07, 6.45) is -12.7. The minimum atomic E-state index is -6.35. The molecular formula is C5Cl2F8O2. The molecule has 1 fully saturated rings. The largest absolute Gasteiger partial charge is 0.453 e. The Bertz CT molecular complexity index is 289. The van der Waals surface area contributed by atoms with Gasteiger partial charge in [-0.1, -0.05) is 0 Å². The number of alkyl halides is 10. The Morgan fingerprint density at radius 3 is 1.06 bits per heavy atom. The van der Waals surface area contributed by atoms with Crippen molar-refractivity contribution in [3.8, 4) is 0 Å². The van der Waals surface area contributed by atoms with Crippen molar-refractivity contribution in [3.63, 3.8) is 0 Å². The van der Waals surface area contributed by atoms with E-state index in [4.69, 9.17) is 0 Å². The van der Waals surface area contributed by atoms with E-state index in [1.165, 1.54) is 0 Å². The molecule has 0 saturated carbocycles. The summed E-state index contributed by atoms with van der Waals surface area (Å²) in [5, 5.41) is -9.31. The highest BCUT2D eigenvalue weighted by molar-refractivity contribution is 6.32. The van der Waals surface area contributed by atoms with Crippen LogP contribution in [0.25, 0.3) is 0 Å². The average molecular weight is 315 g/mol. The molecule has 0 spiro atoms. The van der Waals surface area contributed by atoms with Crippen LogP contribution in [0, 0.1) is 0 Å². The van der Waals surface area contributed by atoms with E-state index < -0.39 is 28.8 Å². The molecule has 1 aliphatic heterocycles. The maximum absolute atomic E-state index is 12.9. The normalized spacial score (nSPS) is 38.5. The fourth-order valence-corrected chi connectivity index (χ4v) is 1.19. The van der Waals surface area contributed by atoms with Crippen LogP contribution in [0.2, 0.25) is 0 Å². The summed E-state index contributed by atoms with van der Waals surface area (Å²) in [4.78, 5) is 0. The second kappa shape index (κ2) is 3.49. The van der Waals surface area contributed by atoms with Crippen LogP contribution in [0.15, 0.2) is 0 Å². The Balaban J connectivity index is 3.34. The van der Waals surface area contributed by atoms with Crippen LogP contribution in [0.3, 0.4) is 0 Å². The molecule has 0 bridgehead atoms. The van der Waals surface area contributed by atoms with Gasteiger partial charge in [-0.2, -0.15) is 35.1 Å². The molecule has 12 heteroatoms. The summed E-state index contributed by atoms with van der Waals surface area (Å²) in [7, 11) is 0. The molecule has 0 aromatic carbocycles. The van der Waals surface area contributed by atoms with Crippen molar-refractivity contribution in [3.05, 3.63) is 0 Å². The van der Waals surface area contributed by atoms with Gasteiger partial charge in [-0.3, -0.25) is 9.47 Å². The summed E-state index contributed by atoms with van der Waals surface area (Å²) >= 11 is 8.67. The van der Waals surface area contributed by atoms with Crippen LogP contribution in [-0.4, -0.2) is 28.8 Å². The zero-order chi connectivity index (χ0) is 13.9. The van der Waals surface area contributed by atoms with Gasteiger partial charge in [0.05, 0.1) is 0 Å². The zero-order valence-electron chi connectivity index (χ0n) is 7.10. The Labute approximate surface area is 97.4 Å². The second-order valence-electron chi connectivity index (χ2n) is 2.85. The third-order valence-corrected chi connectivity index (χ3v) is 2.37. The lowest BCUT2D eigenvalue weighted by Gasteiger charge is -2.30. The van der Waals surface area contributed by atoms with Crippen LogP contribution in [-0.2, 0) is 9.47 Å². The zero-order valence-corrected chi connectivity index (χ0v) is 8.61. The van der Waals surface area contributed by atoms with Crippen molar-refractivity contribution in [1.82, 2.24) is 0 Å². The number of rotatable bonds is 0. The smallest absolute Gasteiger partial charge is 0.279 e. The standard InChI is InChI=1S/C5Cl2F8O2/c6-2(8)3(7,9)17-1(16-2,4(10,11)12)5(13,14)15. The van der Waals surface area contributed by atoms with E-state index in [1.54, 1.807) is 0 Å². The lowest BCUT2D eigenvalue weighted by Crippen LogP contribution is -2.58. The first-order chi connectivity index (χ1) is 7.16. The fourth-order valence-electron chi connectivity index (χ4n) is 0.893. The van der Waals surface area contributed by atoms with E-state index in [0.717, 1.165) is 0 Å². The molecular weight excluding hydrogens is 315 g/mol. The van der Waals surface area contributed by atoms with Gasteiger partial charge in [0, 0.05) is 0 Å². The van der Waals surface area contributed by atoms with E-state index >= 15 is 0 Å². The summed E-state index contributed by atoms with van der Waals surface area (Å²) in [5.41, 5.74) is 0. The molecule has 1 saturated heterocycles. The van der Waals surface area contributed by atoms with E-state index in [2.05, 4.69) is 32.7 Å². The Hall–Kier alpha value is -0.0600. The molecule has 17 heavy (non-hydrogen) atoms. The summed E-state index contributed by atoms with van der Waals surface area (Å²) in [6, 6.07) is 0. The SMILES string of the molecule is FC(F)(F)C1(C(F)(F)F)OC(F)(Cl)C(F)(Cl)O1. The molecule has 0 aliphatic carbocycles. The lowest BCUT2D eigenvalue weighted by molar-refractivity contribution is -0.453. The lowest BCUT2D eigenvalue weighted by atomic mass is 10.2. The first kappa shape index (κ1) is 15.0. The predicted octanol–water partition coefficient (Wildman–Crippen LogP) is 3.58. The minimum Gasteiger partial charge on any atom is -0.279 e. The predicted molar refractivity (Wildman–Crippen MR) is 36.4 cm³/mol. The van der Waals surface area contributed by atoms with E-state index in [1.807, 2.05) is 0 Å². The van der Waals surface area contributed by atoms with Gasteiger partial charge in [0.2, 0.25) is 0 Å². The van der Waals surface area contributed by atoms with Crippen LogP contribution >= 0.6 is 23.2 Å². The monoisotopic (exact) mass is 314 g/mol. The highest BCUT2D eigenvalue weighted by Crippen LogP contribution is 2.61. The van der Waals surface area contributed by atoms with Crippen molar-refractivity contribution < 1.29 is 44.6 Å². The van der Waals surface area contributed by atoms with Crippen molar-refractivity contribution in [2.75, 3.05) is 0 Å². The fraction of sp³-hybridized carbons (Fsp3) is 1.00. The highest BCUT2D eigenvalue weighted by Gasteiger charge is 2.86. The number of hydrogen-bond donors (Lipinski definition) is 0. The van der Waals surface area contributed by atoms with Gasteiger partial charge in [-0.15, -0.1) is 0 Å². The second-order valence-corrected chi connectivity index (χ2v) is 3.82. The van der Waals surface area contributed by atoms with Crippen LogP contribution in [0.5, 0.6) is 0 Å². The van der Waals surface area contributed by atoms with Crippen LogP contribution < -0.4 is 0 Å². The quantitative estimate of drug-likeness (QED) is 0.502. The van der Waals surface area contributed by atoms with Gasteiger partial charge in [0.1, 0.15) is 0 Å². The molecule has 102 valence electrons. The van der Waals surface area contributed by atoms with E-state index in [0.29, 0.717) is 0 Å².